The van der Waals surface area contributed by atoms with E-state index in [1.807, 2.05) is 36.4 Å². The molecule has 238 valence electrons. The molecule has 0 aliphatic heterocycles. The van der Waals surface area contributed by atoms with Crippen LogP contribution in [0, 0.1) is 0 Å². The Morgan fingerprint density at radius 2 is 1.57 bits per heavy atom. The van der Waals surface area contributed by atoms with E-state index >= 15 is 0 Å². The Kier molecular flexibility index (Phi) is 11.3. The van der Waals surface area contributed by atoms with Crippen molar-refractivity contribution in [1.29, 1.82) is 0 Å². The zero-order valence-electron chi connectivity index (χ0n) is 26.5. The maximum atomic E-state index is 14.3. The third-order valence-corrected chi connectivity index (χ3v) is 6.65. The van der Waals surface area contributed by atoms with Gasteiger partial charge in [-0.2, -0.15) is 0 Å². The predicted molar refractivity (Wildman–Crippen MR) is 167 cm³/mol. The zero-order chi connectivity index (χ0) is 32.7. The normalized spacial score (nSPS) is 15.2. The van der Waals surface area contributed by atoms with Gasteiger partial charge in [0, 0.05) is 12.5 Å². The van der Waals surface area contributed by atoms with Crippen LogP contribution in [-0.4, -0.2) is 69.8 Å². The van der Waals surface area contributed by atoms with Gasteiger partial charge in [0.25, 0.3) is 0 Å². The summed E-state index contributed by atoms with van der Waals surface area (Å²) in [5.74, 6) is -1.87. The van der Waals surface area contributed by atoms with E-state index in [0.717, 1.165) is 11.1 Å². The number of hydrogen-bond donors (Lipinski definition) is 3. The number of aliphatic hydroxyl groups is 1. The number of rotatable bonds is 12. The van der Waals surface area contributed by atoms with Gasteiger partial charge in [0.1, 0.15) is 29.3 Å². The van der Waals surface area contributed by atoms with Crippen LogP contribution in [0.5, 0.6) is 0 Å². The summed E-state index contributed by atoms with van der Waals surface area (Å²) >= 11 is 0. The van der Waals surface area contributed by atoms with Crippen LogP contribution in [0.25, 0.3) is 6.08 Å². The van der Waals surface area contributed by atoms with Crippen LogP contribution in [0.1, 0.15) is 77.1 Å². The number of aliphatic hydroxyl groups excluding tert-OH is 1. The molecular formula is C34H45N3O7. The molecule has 2 aromatic carbocycles. The first-order chi connectivity index (χ1) is 20.6. The van der Waals surface area contributed by atoms with Crippen molar-refractivity contribution in [3.05, 3.63) is 77.9 Å². The fourth-order valence-electron chi connectivity index (χ4n) is 4.65. The molecule has 1 saturated carbocycles. The molecule has 2 aromatic rings. The van der Waals surface area contributed by atoms with Crippen LogP contribution in [-0.2, 0) is 30.3 Å². The zero-order valence-corrected chi connectivity index (χ0v) is 26.5. The van der Waals surface area contributed by atoms with Crippen molar-refractivity contribution in [1.82, 2.24) is 15.5 Å². The van der Waals surface area contributed by atoms with Gasteiger partial charge in [-0.15, -0.1) is 0 Å². The number of benzene rings is 2. The van der Waals surface area contributed by atoms with Crippen LogP contribution in [0.4, 0.5) is 4.79 Å². The SMILES string of the molecule is C=Cc1cccc(C(C(=O)NC(Cc2ccccc2)C(=O)OC(C)(C)C)N(C(=O)C(CO)NC(=O)OC(C)(C)C)C2CC2)c1. The van der Waals surface area contributed by atoms with Crippen LogP contribution in [0.3, 0.4) is 0 Å². The van der Waals surface area contributed by atoms with E-state index in [-0.39, 0.29) is 12.5 Å². The van der Waals surface area contributed by atoms with Crippen LogP contribution in [0.15, 0.2) is 61.2 Å². The summed E-state index contributed by atoms with van der Waals surface area (Å²) in [5, 5.41) is 15.5. The van der Waals surface area contributed by atoms with Gasteiger partial charge < -0.3 is 30.1 Å². The lowest BCUT2D eigenvalue weighted by molar-refractivity contribution is -0.159. The molecule has 10 heteroatoms. The fourth-order valence-corrected chi connectivity index (χ4v) is 4.65. The molecule has 1 aliphatic rings. The number of esters is 1. The molecule has 0 aromatic heterocycles. The van der Waals surface area contributed by atoms with Crippen molar-refractivity contribution >= 4 is 30.0 Å². The second-order valence-electron chi connectivity index (χ2n) is 12.9. The number of amides is 3. The third kappa shape index (κ3) is 10.2. The molecule has 1 fully saturated rings. The largest absolute Gasteiger partial charge is 0.458 e. The monoisotopic (exact) mass is 607 g/mol. The Labute approximate surface area is 259 Å². The Morgan fingerprint density at radius 1 is 0.932 bits per heavy atom. The third-order valence-electron chi connectivity index (χ3n) is 6.65. The summed E-state index contributed by atoms with van der Waals surface area (Å²) in [6, 6.07) is 12.3. The molecule has 3 unspecified atom stereocenters. The number of carbonyl (C=O) groups excluding carboxylic acids is 4. The second kappa shape index (κ2) is 14.5. The van der Waals surface area contributed by atoms with Gasteiger partial charge in [-0.1, -0.05) is 61.2 Å². The van der Waals surface area contributed by atoms with Crippen LogP contribution in [0.2, 0.25) is 0 Å². The van der Waals surface area contributed by atoms with E-state index < -0.39 is 59.8 Å². The Hall–Kier alpha value is -4.18. The molecule has 1 aliphatic carbocycles. The van der Waals surface area contributed by atoms with E-state index in [4.69, 9.17) is 9.47 Å². The Balaban J connectivity index is 2.02. The first-order valence-electron chi connectivity index (χ1n) is 14.8. The highest BCUT2D eigenvalue weighted by molar-refractivity contribution is 5.94. The van der Waals surface area contributed by atoms with Crippen molar-refractivity contribution in [2.24, 2.45) is 0 Å². The Bertz CT molecular complexity index is 1330. The van der Waals surface area contributed by atoms with Gasteiger partial charge in [-0.3, -0.25) is 9.59 Å². The highest BCUT2D eigenvalue weighted by Gasteiger charge is 2.45. The van der Waals surface area contributed by atoms with Crippen molar-refractivity contribution in [3.8, 4) is 0 Å². The minimum atomic E-state index is -1.37. The molecule has 10 nitrogen and oxygen atoms in total. The van der Waals surface area contributed by atoms with Gasteiger partial charge in [-0.25, -0.2) is 9.59 Å². The quantitative estimate of drug-likeness (QED) is 0.306. The number of nitrogens with zero attached hydrogens (tertiary/aromatic N) is 1. The number of nitrogens with one attached hydrogen (secondary N) is 2. The first kappa shape index (κ1) is 34.3. The number of carbonyl (C=O) groups is 4. The summed E-state index contributed by atoms with van der Waals surface area (Å²) < 4.78 is 11.0. The molecule has 0 spiro atoms. The molecule has 3 amide bonds. The van der Waals surface area contributed by atoms with E-state index in [9.17, 15) is 24.3 Å². The standard InChI is InChI=1S/C34H45N3O7/c1-8-22-15-12-16-24(19-22)28(37(25-17-18-25)30(40)27(21-38)36-32(42)44-34(5,6)7)29(39)35-26(31(41)43-33(2,3)4)20-23-13-10-9-11-14-23/h8-16,19,25-28,38H,1,17-18,20-21H2,2-7H3,(H,35,39)(H,36,42). The molecule has 0 bridgehead atoms. The summed E-state index contributed by atoms with van der Waals surface area (Å²) in [7, 11) is 0. The highest BCUT2D eigenvalue weighted by atomic mass is 16.6. The van der Waals surface area contributed by atoms with E-state index in [2.05, 4.69) is 17.2 Å². The van der Waals surface area contributed by atoms with Crippen LogP contribution >= 0.6 is 0 Å². The summed E-state index contributed by atoms with van der Waals surface area (Å²) in [4.78, 5) is 55.6. The minimum Gasteiger partial charge on any atom is -0.458 e. The topological polar surface area (TPSA) is 134 Å². The number of alkyl carbamates (subject to hydrolysis) is 1. The summed E-state index contributed by atoms with van der Waals surface area (Å²) in [5.41, 5.74) is 0.392. The van der Waals surface area contributed by atoms with E-state index in [1.165, 1.54) is 4.90 Å². The van der Waals surface area contributed by atoms with Gasteiger partial charge in [0.2, 0.25) is 11.8 Å². The number of hydrogen-bond acceptors (Lipinski definition) is 7. The van der Waals surface area contributed by atoms with Crippen molar-refractivity contribution in [2.45, 2.75) is 96.2 Å². The number of ether oxygens (including phenoxy) is 2. The maximum Gasteiger partial charge on any atom is 0.408 e. The van der Waals surface area contributed by atoms with E-state index in [0.29, 0.717) is 18.4 Å². The lowest BCUT2D eigenvalue weighted by Crippen LogP contribution is -2.56. The van der Waals surface area contributed by atoms with Gasteiger partial charge >= 0.3 is 12.1 Å². The second-order valence-corrected chi connectivity index (χ2v) is 12.9. The van der Waals surface area contributed by atoms with Crippen molar-refractivity contribution < 1.29 is 33.8 Å². The van der Waals surface area contributed by atoms with E-state index in [1.54, 1.807) is 65.8 Å². The molecule has 0 saturated heterocycles. The minimum absolute atomic E-state index is 0.164. The van der Waals surface area contributed by atoms with Crippen molar-refractivity contribution in [2.75, 3.05) is 6.61 Å². The van der Waals surface area contributed by atoms with Gasteiger partial charge in [-0.05, 0) is 77.1 Å². The lowest BCUT2D eigenvalue weighted by Gasteiger charge is -2.35. The summed E-state index contributed by atoms with van der Waals surface area (Å²) in [6.07, 6.45) is 2.17. The average Bonchev–Trinajstić information content (AvgIpc) is 3.77. The Morgan fingerprint density at radius 3 is 2.11 bits per heavy atom. The molecule has 3 atom stereocenters. The smallest absolute Gasteiger partial charge is 0.408 e. The maximum absolute atomic E-state index is 14.3. The van der Waals surface area contributed by atoms with Gasteiger partial charge in [0.15, 0.2) is 0 Å². The first-order valence-corrected chi connectivity index (χ1v) is 14.8. The molecular weight excluding hydrogens is 562 g/mol. The predicted octanol–water partition coefficient (Wildman–Crippen LogP) is 4.32. The highest BCUT2D eigenvalue weighted by Crippen LogP contribution is 2.36. The fraction of sp³-hybridized carbons (Fsp3) is 0.471. The van der Waals surface area contributed by atoms with Gasteiger partial charge in [0.05, 0.1) is 6.61 Å². The lowest BCUT2D eigenvalue weighted by atomic mass is 9.99. The molecule has 0 heterocycles. The summed E-state index contributed by atoms with van der Waals surface area (Å²) in [6.45, 7) is 13.4. The molecule has 3 N–H and O–H groups in total. The average molecular weight is 608 g/mol. The molecule has 0 radical (unpaired) electrons. The molecule has 3 rings (SSSR count). The van der Waals surface area contributed by atoms with Crippen LogP contribution < -0.4 is 10.6 Å². The van der Waals surface area contributed by atoms with Crippen molar-refractivity contribution in [3.63, 3.8) is 0 Å². The molecule has 44 heavy (non-hydrogen) atoms.